The van der Waals surface area contributed by atoms with Crippen molar-refractivity contribution in [3.63, 3.8) is 0 Å². The average molecular weight is 459 g/mol. The SMILES string of the molecule is COc1cccc(C2=C(CN3CCN(C(=O)CO)CC3)N3C=C(c4ccccc4)C=CC3N2)c1. The van der Waals surface area contributed by atoms with Crippen LogP contribution in [0.2, 0.25) is 0 Å². The summed E-state index contributed by atoms with van der Waals surface area (Å²) in [7, 11) is 1.69. The number of rotatable bonds is 6. The second-order valence-corrected chi connectivity index (χ2v) is 8.67. The molecule has 7 nitrogen and oxygen atoms in total. The van der Waals surface area contributed by atoms with Crippen LogP contribution in [-0.2, 0) is 4.79 Å². The predicted molar refractivity (Wildman–Crippen MR) is 132 cm³/mol. The van der Waals surface area contributed by atoms with Crippen LogP contribution in [0.4, 0.5) is 0 Å². The summed E-state index contributed by atoms with van der Waals surface area (Å²) in [6.45, 7) is 3.12. The van der Waals surface area contributed by atoms with Crippen LogP contribution >= 0.6 is 0 Å². The number of fused-ring (bicyclic) bond motifs is 1. The minimum Gasteiger partial charge on any atom is -0.497 e. The van der Waals surface area contributed by atoms with Crippen molar-refractivity contribution in [2.75, 3.05) is 46.4 Å². The minimum atomic E-state index is -0.427. The summed E-state index contributed by atoms with van der Waals surface area (Å²) in [5.41, 5.74) is 5.72. The largest absolute Gasteiger partial charge is 0.497 e. The molecule has 0 radical (unpaired) electrons. The number of nitrogens with one attached hydrogen (secondary N) is 1. The third-order valence-electron chi connectivity index (χ3n) is 6.63. The molecule has 0 saturated carbocycles. The van der Waals surface area contributed by atoms with Gasteiger partial charge in [-0.25, -0.2) is 0 Å². The fourth-order valence-corrected chi connectivity index (χ4v) is 4.74. The monoisotopic (exact) mass is 458 g/mol. The molecule has 0 bridgehead atoms. The van der Waals surface area contributed by atoms with Gasteiger partial charge in [-0.05, 0) is 29.3 Å². The second-order valence-electron chi connectivity index (χ2n) is 8.67. The molecule has 1 amide bonds. The van der Waals surface area contributed by atoms with E-state index >= 15 is 0 Å². The minimum absolute atomic E-state index is 0.0425. The standard InChI is InChI=1S/C27H30N4O3/c1-34-23-9-5-8-21(16-23)27-24(18-29-12-14-30(15-13-29)26(33)19-32)31-17-22(10-11-25(31)28-27)20-6-3-2-4-7-20/h2-11,16-17,25,28,32H,12-15,18-19H2,1H3. The Morgan fingerprint density at radius 2 is 1.82 bits per heavy atom. The lowest BCUT2D eigenvalue weighted by Crippen LogP contribution is -2.50. The molecule has 2 N–H and O–H groups in total. The molecule has 2 aromatic carbocycles. The Morgan fingerprint density at radius 1 is 1.06 bits per heavy atom. The molecule has 176 valence electrons. The molecule has 7 heteroatoms. The molecule has 5 rings (SSSR count). The number of methoxy groups -OCH3 is 1. The number of piperazine rings is 1. The van der Waals surface area contributed by atoms with Crippen molar-refractivity contribution in [1.29, 1.82) is 0 Å². The molecule has 2 aromatic rings. The molecule has 1 unspecified atom stereocenters. The summed E-state index contributed by atoms with van der Waals surface area (Å²) in [5.74, 6) is 0.623. The van der Waals surface area contributed by atoms with Gasteiger partial charge >= 0.3 is 0 Å². The highest BCUT2D eigenvalue weighted by molar-refractivity contribution is 5.78. The number of ether oxygens (including phenoxy) is 1. The average Bonchev–Trinajstić information content (AvgIpc) is 3.26. The van der Waals surface area contributed by atoms with Gasteiger partial charge in [0.05, 0.1) is 18.5 Å². The van der Waals surface area contributed by atoms with E-state index in [2.05, 4.69) is 69.9 Å². The van der Waals surface area contributed by atoms with Crippen LogP contribution in [0.25, 0.3) is 11.3 Å². The molecular formula is C27H30N4O3. The van der Waals surface area contributed by atoms with E-state index in [1.165, 1.54) is 16.8 Å². The Bertz CT molecular complexity index is 1130. The highest BCUT2D eigenvalue weighted by Gasteiger charge is 2.33. The van der Waals surface area contributed by atoms with E-state index in [4.69, 9.17) is 4.74 Å². The molecular weight excluding hydrogens is 428 g/mol. The Balaban J connectivity index is 1.46. The predicted octanol–water partition coefficient (Wildman–Crippen LogP) is 2.34. The quantitative estimate of drug-likeness (QED) is 0.693. The van der Waals surface area contributed by atoms with Crippen LogP contribution in [0.15, 0.2) is 78.6 Å². The lowest BCUT2D eigenvalue weighted by atomic mass is 10.0. The van der Waals surface area contributed by atoms with Gasteiger partial charge in [0.2, 0.25) is 5.91 Å². The first-order valence-electron chi connectivity index (χ1n) is 11.6. The molecule has 34 heavy (non-hydrogen) atoms. The van der Waals surface area contributed by atoms with Crippen LogP contribution in [-0.4, -0.2) is 78.3 Å². The first-order chi connectivity index (χ1) is 16.7. The maximum atomic E-state index is 11.9. The molecule has 0 spiro atoms. The smallest absolute Gasteiger partial charge is 0.248 e. The number of aliphatic hydroxyl groups excluding tert-OH is 1. The lowest BCUT2D eigenvalue weighted by molar-refractivity contribution is -0.135. The van der Waals surface area contributed by atoms with Gasteiger partial charge in [0, 0.05) is 44.5 Å². The molecule has 0 aliphatic carbocycles. The number of nitrogens with zero attached hydrogens (tertiary/aromatic N) is 3. The first-order valence-corrected chi connectivity index (χ1v) is 11.6. The van der Waals surface area contributed by atoms with Crippen molar-refractivity contribution < 1.29 is 14.6 Å². The number of carbonyl (C=O) groups excluding carboxylic acids is 1. The van der Waals surface area contributed by atoms with Gasteiger partial charge in [0.1, 0.15) is 18.5 Å². The number of carbonyl (C=O) groups is 1. The zero-order valence-corrected chi connectivity index (χ0v) is 19.4. The fourth-order valence-electron chi connectivity index (χ4n) is 4.74. The van der Waals surface area contributed by atoms with Crippen molar-refractivity contribution in [2.24, 2.45) is 0 Å². The van der Waals surface area contributed by atoms with Gasteiger partial charge in [-0.15, -0.1) is 0 Å². The van der Waals surface area contributed by atoms with Crippen LogP contribution in [0.5, 0.6) is 5.75 Å². The van der Waals surface area contributed by atoms with E-state index in [-0.39, 0.29) is 12.1 Å². The van der Waals surface area contributed by atoms with Crippen molar-refractivity contribution in [3.8, 4) is 5.75 Å². The Kier molecular flexibility index (Phi) is 6.38. The Morgan fingerprint density at radius 3 is 2.56 bits per heavy atom. The molecule has 1 atom stereocenters. The molecule has 3 aliphatic heterocycles. The van der Waals surface area contributed by atoms with E-state index in [1.807, 2.05) is 18.2 Å². The van der Waals surface area contributed by atoms with Gasteiger partial charge in [-0.3, -0.25) is 9.69 Å². The third-order valence-corrected chi connectivity index (χ3v) is 6.63. The van der Waals surface area contributed by atoms with Crippen LogP contribution in [0.3, 0.4) is 0 Å². The van der Waals surface area contributed by atoms with Crippen molar-refractivity contribution in [3.05, 3.63) is 89.8 Å². The van der Waals surface area contributed by atoms with Gasteiger partial charge in [0.25, 0.3) is 0 Å². The maximum Gasteiger partial charge on any atom is 0.248 e. The summed E-state index contributed by atoms with van der Waals surface area (Å²) < 4.78 is 5.48. The lowest BCUT2D eigenvalue weighted by Gasteiger charge is -2.36. The van der Waals surface area contributed by atoms with Gasteiger partial charge in [0.15, 0.2) is 0 Å². The van der Waals surface area contributed by atoms with Crippen LogP contribution in [0.1, 0.15) is 11.1 Å². The van der Waals surface area contributed by atoms with E-state index in [0.29, 0.717) is 13.1 Å². The molecule has 0 aromatic heterocycles. The van der Waals surface area contributed by atoms with Crippen molar-refractivity contribution >= 4 is 17.2 Å². The van der Waals surface area contributed by atoms with E-state index in [1.54, 1.807) is 12.0 Å². The summed E-state index contributed by atoms with van der Waals surface area (Å²) >= 11 is 0. The number of benzene rings is 2. The maximum absolute atomic E-state index is 11.9. The number of hydrogen-bond acceptors (Lipinski definition) is 6. The second kappa shape index (κ2) is 9.75. The summed E-state index contributed by atoms with van der Waals surface area (Å²) in [6, 6.07) is 18.5. The topological polar surface area (TPSA) is 68.3 Å². The zero-order valence-electron chi connectivity index (χ0n) is 19.4. The Labute approximate surface area is 200 Å². The molecule has 3 aliphatic rings. The first kappa shape index (κ1) is 22.3. The highest BCUT2D eigenvalue weighted by Crippen LogP contribution is 2.35. The van der Waals surface area contributed by atoms with Crippen molar-refractivity contribution in [1.82, 2.24) is 20.0 Å². The normalized spacial score (nSPS) is 20.2. The van der Waals surface area contributed by atoms with Gasteiger partial charge in [-0.1, -0.05) is 48.5 Å². The molecule has 1 saturated heterocycles. The molecule has 1 fully saturated rings. The number of hydrogen-bond donors (Lipinski definition) is 2. The van der Waals surface area contributed by atoms with Crippen molar-refractivity contribution in [2.45, 2.75) is 6.17 Å². The van der Waals surface area contributed by atoms with Crippen LogP contribution in [0, 0.1) is 0 Å². The van der Waals surface area contributed by atoms with Gasteiger partial charge in [-0.2, -0.15) is 0 Å². The number of allylic oxidation sites excluding steroid dienone is 2. The Hall–Kier alpha value is -3.55. The number of amides is 1. The number of aliphatic hydroxyl groups is 1. The summed E-state index contributed by atoms with van der Waals surface area (Å²) in [5, 5.41) is 12.9. The summed E-state index contributed by atoms with van der Waals surface area (Å²) in [6.07, 6.45) is 6.64. The van der Waals surface area contributed by atoms with Gasteiger partial charge < -0.3 is 25.0 Å². The summed E-state index contributed by atoms with van der Waals surface area (Å²) in [4.78, 5) is 18.3. The zero-order chi connectivity index (χ0) is 23.5. The molecule has 3 heterocycles. The fraction of sp³-hybridized carbons (Fsp3) is 0.296. The van der Waals surface area contributed by atoms with Crippen LogP contribution < -0.4 is 10.1 Å². The van der Waals surface area contributed by atoms with E-state index in [9.17, 15) is 9.90 Å². The highest BCUT2D eigenvalue weighted by atomic mass is 16.5. The van der Waals surface area contributed by atoms with E-state index in [0.717, 1.165) is 36.6 Å². The van der Waals surface area contributed by atoms with E-state index < -0.39 is 6.61 Å². The third kappa shape index (κ3) is 4.44.